The molecule has 1 aliphatic rings. The van der Waals surface area contributed by atoms with Crippen LogP contribution in [-0.4, -0.2) is 12.6 Å². The second-order valence-corrected chi connectivity index (χ2v) is 4.88. The first-order valence-electron chi connectivity index (χ1n) is 6.07. The number of hydrogen-bond acceptors (Lipinski definition) is 1. The van der Waals surface area contributed by atoms with Crippen LogP contribution in [-0.2, 0) is 0 Å². The van der Waals surface area contributed by atoms with Crippen LogP contribution < -0.4 is 5.32 Å². The Bertz CT molecular complexity index is 285. The molecule has 15 heavy (non-hydrogen) atoms. The van der Waals surface area contributed by atoms with Crippen molar-refractivity contribution in [2.24, 2.45) is 5.92 Å². The fraction of sp³-hybridized carbons (Fsp3) is 0.571. The molecular weight excluding hydrogens is 182 g/mol. The Morgan fingerprint density at radius 3 is 2.47 bits per heavy atom. The van der Waals surface area contributed by atoms with E-state index in [0.29, 0.717) is 17.9 Å². The van der Waals surface area contributed by atoms with E-state index in [1.165, 1.54) is 24.9 Å². The van der Waals surface area contributed by atoms with Crippen molar-refractivity contribution in [1.29, 1.82) is 0 Å². The van der Waals surface area contributed by atoms with Crippen LogP contribution in [0.4, 0.5) is 0 Å². The first-order chi connectivity index (χ1) is 7.29. The fourth-order valence-corrected chi connectivity index (χ4v) is 2.78. The van der Waals surface area contributed by atoms with Crippen LogP contribution >= 0.6 is 0 Å². The van der Waals surface area contributed by atoms with E-state index in [1.807, 2.05) is 0 Å². The average Bonchev–Trinajstić information content (AvgIpc) is 2.72. The highest BCUT2D eigenvalue weighted by atomic mass is 14.9. The van der Waals surface area contributed by atoms with E-state index in [1.54, 1.807) is 0 Å². The number of nitrogens with one attached hydrogen (secondary N) is 1. The maximum Gasteiger partial charge on any atom is 0.0139 e. The van der Waals surface area contributed by atoms with Crippen molar-refractivity contribution in [2.45, 2.75) is 38.6 Å². The van der Waals surface area contributed by atoms with E-state index in [4.69, 9.17) is 0 Å². The predicted molar refractivity (Wildman–Crippen MR) is 65.0 cm³/mol. The van der Waals surface area contributed by atoms with Gasteiger partial charge >= 0.3 is 0 Å². The summed E-state index contributed by atoms with van der Waals surface area (Å²) in [5.74, 6) is 1.39. The Labute approximate surface area is 92.9 Å². The van der Waals surface area contributed by atoms with Gasteiger partial charge in [-0.25, -0.2) is 0 Å². The SMILES string of the molecule is CC(C)C(c1ccccc1)C1CCCN1. The molecule has 1 fully saturated rings. The lowest BCUT2D eigenvalue weighted by molar-refractivity contribution is 0.390. The van der Waals surface area contributed by atoms with Crippen molar-refractivity contribution in [3.63, 3.8) is 0 Å². The number of rotatable bonds is 3. The summed E-state index contributed by atoms with van der Waals surface area (Å²) >= 11 is 0. The molecule has 1 heterocycles. The quantitative estimate of drug-likeness (QED) is 0.795. The summed E-state index contributed by atoms with van der Waals surface area (Å²) in [6.45, 7) is 5.86. The van der Waals surface area contributed by atoms with Gasteiger partial charge in [0.2, 0.25) is 0 Å². The normalized spacial score (nSPS) is 23.3. The third-order valence-corrected chi connectivity index (χ3v) is 3.43. The van der Waals surface area contributed by atoms with Crippen molar-refractivity contribution in [1.82, 2.24) is 5.32 Å². The molecule has 1 nitrogen and oxygen atoms in total. The minimum atomic E-state index is 0.675. The number of hydrogen-bond donors (Lipinski definition) is 1. The fourth-order valence-electron chi connectivity index (χ4n) is 2.78. The first-order valence-corrected chi connectivity index (χ1v) is 6.07. The molecule has 0 saturated carbocycles. The largest absolute Gasteiger partial charge is 0.313 e. The molecule has 1 aromatic rings. The Kier molecular flexibility index (Phi) is 3.42. The average molecular weight is 203 g/mol. The van der Waals surface area contributed by atoms with E-state index in [0.717, 1.165) is 0 Å². The van der Waals surface area contributed by atoms with Crippen molar-refractivity contribution >= 4 is 0 Å². The van der Waals surface area contributed by atoms with Gasteiger partial charge in [0, 0.05) is 12.0 Å². The number of benzene rings is 1. The summed E-state index contributed by atoms with van der Waals surface area (Å²) in [5, 5.41) is 3.64. The Balaban J connectivity index is 2.19. The zero-order chi connectivity index (χ0) is 10.7. The molecule has 1 aromatic carbocycles. The van der Waals surface area contributed by atoms with Crippen LogP contribution in [0.2, 0.25) is 0 Å². The van der Waals surface area contributed by atoms with Crippen molar-refractivity contribution < 1.29 is 0 Å². The summed E-state index contributed by atoms with van der Waals surface area (Å²) in [6, 6.07) is 11.6. The molecule has 0 spiro atoms. The zero-order valence-corrected chi connectivity index (χ0v) is 9.74. The Morgan fingerprint density at radius 2 is 1.93 bits per heavy atom. The lowest BCUT2D eigenvalue weighted by atomic mass is 9.82. The van der Waals surface area contributed by atoms with Gasteiger partial charge in [-0.1, -0.05) is 44.2 Å². The van der Waals surface area contributed by atoms with E-state index in [-0.39, 0.29) is 0 Å². The van der Waals surface area contributed by atoms with Crippen molar-refractivity contribution in [3.05, 3.63) is 35.9 Å². The van der Waals surface area contributed by atoms with Crippen LogP contribution in [0.3, 0.4) is 0 Å². The van der Waals surface area contributed by atoms with Gasteiger partial charge in [-0.15, -0.1) is 0 Å². The van der Waals surface area contributed by atoms with Gasteiger partial charge in [-0.3, -0.25) is 0 Å². The minimum Gasteiger partial charge on any atom is -0.313 e. The van der Waals surface area contributed by atoms with Gasteiger partial charge < -0.3 is 5.32 Å². The van der Waals surface area contributed by atoms with Gasteiger partial charge in [0.05, 0.1) is 0 Å². The summed E-state index contributed by atoms with van der Waals surface area (Å²) in [4.78, 5) is 0. The molecule has 0 radical (unpaired) electrons. The molecular formula is C14H21N. The summed E-state index contributed by atoms with van der Waals surface area (Å²) < 4.78 is 0. The lowest BCUT2D eigenvalue weighted by Gasteiger charge is -2.27. The van der Waals surface area contributed by atoms with Crippen LogP contribution in [0.5, 0.6) is 0 Å². The molecule has 2 rings (SSSR count). The molecule has 1 aliphatic heterocycles. The maximum atomic E-state index is 3.64. The van der Waals surface area contributed by atoms with Crippen molar-refractivity contribution in [2.75, 3.05) is 6.54 Å². The lowest BCUT2D eigenvalue weighted by Crippen LogP contribution is -2.31. The van der Waals surface area contributed by atoms with Crippen LogP contribution in [0.25, 0.3) is 0 Å². The molecule has 0 amide bonds. The summed E-state index contributed by atoms with van der Waals surface area (Å²) in [7, 11) is 0. The van der Waals surface area contributed by atoms with Gasteiger partial charge in [-0.2, -0.15) is 0 Å². The van der Waals surface area contributed by atoms with Gasteiger partial charge in [0.25, 0.3) is 0 Å². The van der Waals surface area contributed by atoms with E-state index in [2.05, 4.69) is 49.5 Å². The third-order valence-electron chi connectivity index (χ3n) is 3.43. The molecule has 82 valence electrons. The van der Waals surface area contributed by atoms with Gasteiger partial charge in [0.1, 0.15) is 0 Å². The molecule has 0 aliphatic carbocycles. The van der Waals surface area contributed by atoms with Crippen LogP contribution in [0, 0.1) is 5.92 Å². The highest BCUT2D eigenvalue weighted by Crippen LogP contribution is 2.31. The minimum absolute atomic E-state index is 0.675. The smallest absolute Gasteiger partial charge is 0.0139 e. The molecule has 0 bridgehead atoms. The van der Waals surface area contributed by atoms with Crippen LogP contribution in [0.1, 0.15) is 38.2 Å². The molecule has 1 heteroatoms. The topological polar surface area (TPSA) is 12.0 Å². The Morgan fingerprint density at radius 1 is 1.20 bits per heavy atom. The molecule has 0 aromatic heterocycles. The van der Waals surface area contributed by atoms with Gasteiger partial charge in [0.15, 0.2) is 0 Å². The second-order valence-electron chi connectivity index (χ2n) is 4.88. The highest BCUT2D eigenvalue weighted by Gasteiger charge is 2.27. The first kappa shape index (κ1) is 10.7. The van der Waals surface area contributed by atoms with Crippen molar-refractivity contribution in [3.8, 4) is 0 Å². The van der Waals surface area contributed by atoms with Gasteiger partial charge in [-0.05, 0) is 30.9 Å². The molecule has 1 N–H and O–H groups in total. The predicted octanol–water partition coefficient (Wildman–Crippen LogP) is 3.18. The summed E-state index contributed by atoms with van der Waals surface area (Å²) in [5.41, 5.74) is 1.49. The van der Waals surface area contributed by atoms with E-state index < -0.39 is 0 Å². The Hall–Kier alpha value is -0.820. The highest BCUT2D eigenvalue weighted by molar-refractivity contribution is 5.22. The monoisotopic (exact) mass is 203 g/mol. The molecule has 1 saturated heterocycles. The van der Waals surface area contributed by atoms with Crippen LogP contribution in [0.15, 0.2) is 30.3 Å². The van der Waals surface area contributed by atoms with E-state index >= 15 is 0 Å². The second kappa shape index (κ2) is 4.80. The standard InChI is InChI=1S/C14H21N/c1-11(2)14(13-9-6-10-15-13)12-7-4-3-5-8-12/h3-5,7-8,11,13-15H,6,9-10H2,1-2H3. The molecule has 2 atom stereocenters. The summed E-state index contributed by atoms with van der Waals surface area (Å²) in [6.07, 6.45) is 2.67. The zero-order valence-electron chi connectivity index (χ0n) is 9.74. The maximum absolute atomic E-state index is 3.64. The van der Waals surface area contributed by atoms with E-state index in [9.17, 15) is 0 Å². The third kappa shape index (κ3) is 2.40. The molecule has 2 unspecified atom stereocenters.